The number of nitrogens with zero attached hydrogens (tertiary/aromatic N) is 2. The molecule has 0 bridgehead atoms. The summed E-state index contributed by atoms with van der Waals surface area (Å²) in [5.41, 5.74) is 0.857. The monoisotopic (exact) mass is 457 g/mol. The summed E-state index contributed by atoms with van der Waals surface area (Å²) >= 11 is 6.36. The SMILES string of the molecule is Cl.O=C(SC(=O)N1CCN(C(=O)Nc2ccc(F)c(Cl)c2)CC1)c1ccccc1. The van der Waals surface area contributed by atoms with Crippen LogP contribution in [0.3, 0.4) is 0 Å². The Kier molecular flexibility index (Phi) is 8.31. The molecule has 0 spiro atoms. The minimum Gasteiger partial charge on any atom is -0.330 e. The Morgan fingerprint density at radius 1 is 0.966 bits per heavy atom. The van der Waals surface area contributed by atoms with Gasteiger partial charge in [0.25, 0.3) is 5.24 Å². The molecule has 0 radical (unpaired) electrons. The van der Waals surface area contributed by atoms with E-state index < -0.39 is 5.82 Å². The average Bonchev–Trinajstić information content (AvgIpc) is 2.71. The molecule has 1 fully saturated rings. The van der Waals surface area contributed by atoms with E-state index in [1.165, 1.54) is 18.2 Å². The Hall–Kier alpha value is -2.29. The molecule has 2 aromatic carbocycles. The first-order valence-corrected chi connectivity index (χ1v) is 9.70. The highest BCUT2D eigenvalue weighted by Crippen LogP contribution is 2.21. The summed E-state index contributed by atoms with van der Waals surface area (Å²) in [7, 11) is 0. The average molecular weight is 458 g/mol. The summed E-state index contributed by atoms with van der Waals surface area (Å²) in [6.07, 6.45) is 0. The maximum Gasteiger partial charge on any atom is 0.321 e. The lowest BCUT2D eigenvalue weighted by atomic mass is 10.2. The molecule has 6 nitrogen and oxygen atoms in total. The van der Waals surface area contributed by atoms with Crippen molar-refractivity contribution in [2.45, 2.75) is 0 Å². The summed E-state index contributed by atoms with van der Waals surface area (Å²) in [5.74, 6) is -0.561. The second-order valence-corrected chi connectivity index (χ2v) is 7.39. The quantitative estimate of drug-likeness (QED) is 0.706. The Balaban J connectivity index is 0.00000300. The number of halogens is 3. The fourth-order valence-corrected chi connectivity index (χ4v) is 3.55. The number of carbonyl (C=O) groups excluding carboxylic acids is 3. The van der Waals surface area contributed by atoms with Crippen LogP contribution in [0.1, 0.15) is 10.4 Å². The van der Waals surface area contributed by atoms with Crippen molar-refractivity contribution in [3.05, 3.63) is 64.9 Å². The maximum atomic E-state index is 13.2. The van der Waals surface area contributed by atoms with Crippen molar-refractivity contribution in [2.75, 3.05) is 31.5 Å². The lowest BCUT2D eigenvalue weighted by molar-refractivity contribution is 0.108. The van der Waals surface area contributed by atoms with E-state index >= 15 is 0 Å². The van der Waals surface area contributed by atoms with E-state index in [0.717, 1.165) is 0 Å². The van der Waals surface area contributed by atoms with Gasteiger partial charge in [0.1, 0.15) is 5.82 Å². The Labute approximate surface area is 182 Å². The van der Waals surface area contributed by atoms with Crippen LogP contribution >= 0.6 is 35.8 Å². The molecule has 10 heteroatoms. The number of amides is 3. The molecule has 1 aliphatic heterocycles. The number of urea groups is 1. The molecule has 0 aliphatic carbocycles. The molecule has 1 N–H and O–H groups in total. The van der Waals surface area contributed by atoms with Crippen LogP contribution in [-0.4, -0.2) is 52.4 Å². The Morgan fingerprint density at radius 3 is 2.21 bits per heavy atom. The van der Waals surface area contributed by atoms with E-state index in [1.54, 1.807) is 40.1 Å². The van der Waals surface area contributed by atoms with Crippen molar-refractivity contribution >= 4 is 57.8 Å². The zero-order valence-corrected chi connectivity index (χ0v) is 17.5. The third-order valence-electron chi connectivity index (χ3n) is 4.19. The molecule has 154 valence electrons. The van der Waals surface area contributed by atoms with E-state index in [-0.39, 0.29) is 33.8 Å². The van der Waals surface area contributed by atoms with Gasteiger partial charge >= 0.3 is 6.03 Å². The Bertz CT molecular complexity index is 894. The van der Waals surface area contributed by atoms with Gasteiger partial charge in [-0.25, -0.2) is 9.18 Å². The third-order valence-corrected chi connectivity index (χ3v) is 5.33. The summed E-state index contributed by atoms with van der Waals surface area (Å²) in [4.78, 5) is 39.9. The van der Waals surface area contributed by atoms with E-state index in [1.807, 2.05) is 0 Å². The van der Waals surface area contributed by atoms with Crippen molar-refractivity contribution in [3.8, 4) is 0 Å². The highest BCUT2D eigenvalue weighted by molar-refractivity contribution is 8.26. The molecule has 3 rings (SSSR count). The van der Waals surface area contributed by atoms with E-state index in [9.17, 15) is 18.8 Å². The lowest BCUT2D eigenvalue weighted by Gasteiger charge is -2.34. The van der Waals surface area contributed by atoms with Crippen LogP contribution in [0.5, 0.6) is 0 Å². The largest absolute Gasteiger partial charge is 0.330 e. The number of thioether (sulfide) groups is 1. The van der Waals surface area contributed by atoms with Crippen molar-refractivity contribution in [1.82, 2.24) is 9.80 Å². The van der Waals surface area contributed by atoms with Crippen LogP contribution in [0, 0.1) is 5.82 Å². The minimum absolute atomic E-state index is 0. The molecule has 1 saturated heterocycles. The van der Waals surface area contributed by atoms with E-state index in [2.05, 4.69) is 5.32 Å². The molecule has 0 unspecified atom stereocenters. The molecule has 0 saturated carbocycles. The summed E-state index contributed by atoms with van der Waals surface area (Å²) in [6, 6.07) is 12.2. The molecular formula is C19H18Cl2FN3O3S. The predicted molar refractivity (Wildman–Crippen MR) is 115 cm³/mol. The van der Waals surface area contributed by atoms with Crippen LogP contribution in [0.25, 0.3) is 0 Å². The lowest BCUT2D eigenvalue weighted by Crippen LogP contribution is -2.51. The molecular weight excluding hydrogens is 440 g/mol. The maximum absolute atomic E-state index is 13.2. The molecule has 0 aromatic heterocycles. The van der Waals surface area contributed by atoms with Crippen LogP contribution < -0.4 is 5.32 Å². The van der Waals surface area contributed by atoms with Gasteiger partial charge in [0.05, 0.1) is 5.02 Å². The summed E-state index contributed by atoms with van der Waals surface area (Å²) in [5, 5.41) is 1.93. The van der Waals surface area contributed by atoms with Gasteiger partial charge < -0.3 is 15.1 Å². The smallest absolute Gasteiger partial charge is 0.321 e. The standard InChI is InChI=1S/C19H17ClFN3O3S.ClH/c20-15-12-14(6-7-16(15)21)22-18(26)23-8-10-24(11-9-23)19(27)28-17(25)13-4-2-1-3-5-13;/h1-7,12H,8-11H2,(H,22,26);1H. The Morgan fingerprint density at radius 2 is 1.59 bits per heavy atom. The molecule has 1 heterocycles. The highest BCUT2D eigenvalue weighted by atomic mass is 35.5. The fraction of sp³-hybridized carbons (Fsp3) is 0.211. The predicted octanol–water partition coefficient (Wildman–Crippen LogP) is 4.74. The normalized spacial score (nSPS) is 13.4. The van der Waals surface area contributed by atoms with Gasteiger partial charge in [-0.3, -0.25) is 9.59 Å². The molecule has 29 heavy (non-hydrogen) atoms. The number of benzene rings is 2. The molecule has 1 aliphatic rings. The summed E-state index contributed by atoms with van der Waals surface area (Å²) < 4.78 is 13.2. The van der Waals surface area contributed by atoms with Gasteiger partial charge in [-0.1, -0.05) is 41.9 Å². The van der Waals surface area contributed by atoms with E-state index in [0.29, 0.717) is 49.2 Å². The van der Waals surface area contributed by atoms with Gasteiger partial charge in [0.2, 0.25) is 5.12 Å². The first-order chi connectivity index (χ1) is 13.4. The first kappa shape index (κ1) is 23.0. The minimum atomic E-state index is -0.561. The van der Waals surface area contributed by atoms with Crippen LogP contribution in [0.2, 0.25) is 5.02 Å². The van der Waals surface area contributed by atoms with Crippen molar-refractivity contribution in [3.63, 3.8) is 0 Å². The molecule has 3 amide bonds. The van der Waals surface area contributed by atoms with Gasteiger partial charge in [-0.15, -0.1) is 12.4 Å². The number of piperazine rings is 1. The van der Waals surface area contributed by atoms with Gasteiger partial charge in [0, 0.05) is 49.2 Å². The number of anilines is 1. The number of hydrogen-bond acceptors (Lipinski definition) is 4. The highest BCUT2D eigenvalue weighted by Gasteiger charge is 2.26. The van der Waals surface area contributed by atoms with Crippen molar-refractivity contribution in [2.24, 2.45) is 0 Å². The number of carbonyl (C=O) groups is 3. The van der Waals surface area contributed by atoms with Crippen LogP contribution in [0.4, 0.5) is 19.7 Å². The second-order valence-electron chi connectivity index (χ2n) is 6.05. The number of rotatable bonds is 2. The zero-order valence-electron chi connectivity index (χ0n) is 15.1. The van der Waals surface area contributed by atoms with Gasteiger partial charge in [-0.05, 0) is 18.2 Å². The zero-order chi connectivity index (χ0) is 20.1. The fourth-order valence-electron chi connectivity index (χ4n) is 2.65. The van der Waals surface area contributed by atoms with E-state index in [4.69, 9.17) is 11.6 Å². The number of nitrogens with one attached hydrogen (secondary N) is 1. The third kappa shape index (κ3) is 6.09. The topological polar surface area (TPSA) is 69.7 Å². The van der Waals surface area contributed by atoms with Gasteiger partial charge in [-0.2, -0.15) is 0 Å². The summed E-state index contributed by atoms with van der Waals surface area (Å²) in [6.45, 7) is 1.30. The number of hydrogen-bond donors (Lipinski definition) is 1. The van der Waals surface area contributed by atoms with Gasteiger partial charge in [0.15, 0.2) is 0 Å². The van der Waals surface area contributed by atoms with Crippen molar-refractivity contribution < 1.29 is 18.8 Å². The molecule has 0 atom stereocenters. The first-order valence-electron chi connectivity index (χ1n) is 8.51. The second kappa shape index (κ2) is 10.5. The van der Waals surface area contributed by atoms with Crippen LogP contribution in [-0.2, 0) is 0 Å². The van der Waals surface area contributed by atoms with Crippen LogP contribution in [0.15, 0.2) is 48.5 Å². The molecule has 2 aromatic rings. The van der Waals surface area contributed by atoms with Crippen molar-refractivity contribution in [1.29, 1.82) is 0 Å².